The molecule has 0 saturated heterocycles. The third kappa shape index (κ3) is 3.32. The van der Waals surface area contributed by atoms with Gasteiger partial charge in [0.1, 0.15) is 10.7 Å². The molecule has 76 valence electrons. The number of rotatable bonds is 5. The van der Waals surface area contributed by atoms with Crippen molar-refractivity contribution in [2.45, 2.75) is 6.92 Å². The smallest absolute Gasteiger partial charge is 0.189 e. The van der Waals surface area contributed by atoms with Crippen LogP contribution >= 0.6 is 12.2 Å². The van der Waals surface area contributed by atoms with Crippen LogP contribution in [0.4, 0.5) is 0 Å². The zero-order valence-electron chi connectivity index (χ0n) is 8.03. The van der Waals surface area contributed by atoms with Gasteiger partial charge in [0.05, 0.1) is 0 Å². The number of nitrogens with two attached hydrogens (primary N) is 1. The van der Waals surface area contributed by atoms with Crippen LogP contribution in [-0.4, -0.2) is 18.4 Å². The van der Waals surface area contributed by atoms with E-state index in [1.165, 1.54) is 0 Å². The minimum absolute atomic E-state index is 0.267. The van der Waals surface area contributed by atoms with E-state index in [0.29, 0.717) is 11.6 Å². The number of hydrogen-bond donors (Lipinski definition) is 1. The van der Waals surface area contributed by atoms with Gasteiger partial charge in [-0.15, -0.1) is 0 Å². The second-order valence-electron chi connectivity index (χ2n) is 2.64. The van der Waals surface area contributed by atoms with E-state index in [1.807, 2.05) is 31.2 Å². The topological polar surface area (TPSA) is 44.5 Å². The number of ether oxygens (including phenoxy) is 2. The molecule has 0 aliphatic heterocycles. The molecule has 1 aromatic rings. The van der Waals surface area contributed by atoms with Gasteiger partial charge in [0, 0.05) is 12.2 Å². The Hall–Kier alpha value is -1.13. The molecule has 0 amide bonds. The second kappa shape index (κ2) is 5.57. The molecule has 0 atom stereocenters. The van der Waals surface area contributed by atoms with Crippen LogP contribution in [-0.2, 0) is 4.74 Å². The largest absolute Gasteiger partial charge is 0.468 e. The van der Waals surface area contributed by atoms with Crippen LogP contribution in [0.25, 0.3) is 0 Å². The lowest BCUT2D eigenvalue weighted by Gasteiger charge is -2.06. The van der Waals surface area contributed by atoms with E-state index in [-0.39, 0.29) is 6.79 Å². The first kappa shape index (κ1) is 10.9. The minimum Gasteiger partial charge on any atom is -0.468 e. The summed E-state index contributed by atoms with van der Waals surface area (Å²) in [5.74, 6) is 0.749. The van der Waals surface area contributed by atoms with Crippen molar-refractivity contribution in [2.24, 2.45) is 5.73 Å². The molecular weight excluding hydrogens is 198 g/mol. The molecule has 0 aromatic heterocycles. The molecule has 0 saturated carbocycles. The monoisotopic (exact) mass is 211 g/mol. The van der Waals surface area contributed by atoms with E-state index >= 15 is 0 Å². The zero-order valence-corrected chi connectivity index (χ0v) is 8.84. The van der Waals surface area contributed by atoms with Crippen molar-refractivity contribution in [3.05, 3.63) is 29.8 Å². The fourth-order valence-electron chi connectivity index (χ4n) is 0.908. The molecule has 3 nitrogen and oxygen atoms in total. The lowest BCUT2D eigenvalue weighted by molar-refractivity contribution is 0.0224. The SMILES string of the molecule is CCOCOc1ccc(C(N)=S)cc1. The normalized spacial score (nSPS) is 9.79. The number of benzene rings is 1. The molecule has 0 aliphatic carbocycles. The average molecular weight is 211 g/mol. The van der Waals surface area contributed by atoms with Crippen LogP contribution in [0, 0.1) is 0 Å². The summed E-state index contributed by atoms with van der Waals surface area (Å²) in [6, 6.07) is 7.27. The molecule has 1 aromatic carbocycles. The van der Waals surface area contributed by atoms with Gasteiger partial charge in [0.15, 0.2) is 6.79 Å². The second-order valence-corrected chi connectivity index (χ2v) is 3.08. The van der Waals surface area contributed by atoms with E-state index in [4.69, 9.17) is 27.4 Å². The number of hydrogen-bond acceptors (Lipinski definition) is 3. The third-order valence-electron chi connectivity index (χ3n) is 1.65. The van der Waals surface area contributed by atoms with Crippen LogP contribution in [0.3, 0.4) is 0 Å². The predicted molar refractivity (Wildman–Crippen MR) is 59.5 cm³/mol. The van der Waals surface area contributed by atoms with Gasteiger partial charge in [0.2, 0.25) is 0 Å². The molecule has 0 heterocycles. The Bertz CT molecular complexity index is 297. The third-order valence-corrected chi connectivity index (χ3v) is 1.89. The Labute approximate surface area is 88.8 Å². The van der Waals surface area contributed by atoms with Gasteiger partial charge < -0.3 is 15.2 Å². The molecule has 0 bridgehead atoms. The molecule has 0 fully saturated rings. The van der Waals surface area contributed by atoms with Crippen LogP contribution in [0.15, 0.2) is 24.3 Å². The van der Waals surface area contributed by atoms with Gasteiger partial charge in [-0.05, 0) is 31.2 Å². The Balaban J connectivity index is 2.51. The summed E-state index contributed by atoms with van der Waals surface area (Å²) in [4.78, 5) is 0.390. The first-order valence-corrected chi connectivity index (χ1v) is 4.75. The van der Waals surface area contributed by atoms with Crippen LogP contribution in [0.2, 0.25) is 0 Å². The van der Waals surface area contributed by atoms with Crippen LogP contribution < -0.4 is 10.5 Å². The number of thiocarbonyl (C=S) groups is 1. The van der Waals surface area contributed by atoms with Crippen LogP contribution in [0.1, 0.15) is 12.5 Å². The van der Waals surface area contributed by atoms with Crippen molar-refractivity contribution < 1.29 is 9.47 Å². The Morgan fingerprint density at radius 3 is 2.50 bits per heavy atom. The highest BCUT2D eigenvalue weighted by atomic mass is 32.1. The van der Waals surface area contributed by atoms with Crippen molar-refractivity contribution in [1.82, 2.24) is 0 Å². The summed E-state index contributed by atoms with van der Waals surface area (Å²) >= 11 is 4.82. The fourth-order valence-corrected chi connectivity index (χ4v) is 1.04. The zero-order chi connectivity index (χ0) is 10.4. The van der Waals surface area contributed by atoms with Gasteiger partial charge >= 0.3 is 0 Å². The van der Waals surface area contributed by atoms with Crippen molar-refractivity contribution in [1.29, 1.82) is 0 Å². The molecule has 0 spiro atoms. The summed E-state index contributed by atoms with van der Waals surface area (Å²) in [6.45, 7) is 2.83. The summed E-state index contributed by atoms with van der Waals surface area (Å²) in [5, 5.41) is 0. The Morgan fingerprint density at radius 2 is 2.00 bits per heavy atom. The van der Waals surface area contributed by atoms with E-state index in [0.717, 1.165) is 11.3 Å². The highest BCUT2D eigenvalue weighted by Gasteiger charge is 1.96. The average Bonchev–Trinajstić information content (AvgIpc) is 2.19. The van der Waals surface area contributed by atoms with E-state index in [1.54, 1.807) is 0 Å². The maximum Gasteiger partial charge on any atom is 0.189 e. The van der Waals surface area contributed by atoms with E-state index < -0.39 is 0 Å². The van der Waals surface area contributed by atoms with Gasteiger partial charge in [-0.1, -0.05) is 12.2 Å². The summed E-state index contributed by atoms with van der Waals surface area (Å²) in [7, 11) is 0. The van der Waals surface area contributed by atoms with Crippen molar-refractivity contribution in [3.63, 3.8) is 0 Å². The molecule has 0 aliphatic rings. The fraction of sp³-hybridized carbons (Fsp3) is 0.300. The standard InChI is InChI=1S/C10H13NO2S/c1-2-12-7-13-9-5-3-8(4-6-9)10(11)14/h3-6H,2,7H2,1H3,(H2,11,14). The quantitative estimate of drug-likeness (QED) is 0.457. The van der Waals surface area contributed by atoms with Gasteiger partial charge in [-0.25, -0.2) is 0 Å². The molecule has 4 heteroatoms. The first-order chi connectivity index (χ1) is 6.74. The van der Waals surface area contributed by atoms with Crippen molar-refractivity contribution in [3.8, 4) is 5.75 Å². The Kier molecular flexibility index (Phi) is 4.35. The van der Waals surface area contributed by atoms with E-state index in [9.17, 15) is 0 Å². The van der Waals surface area contributed by atoms with Crippen LogP contribution in [0.5, 0.6) is 5.75 Å². The molecule has 14 heavy (non-hydrogen) atoms. The lowest BCUT2D eigenvalue weighted by atomic mass is 10.2. The van der Waals surface area contributed by atoms with Crippen molar-refractivity contribution in [2.75, 3.05) is 13.4 Å². The highest BCUT2D eigenvalue weighted by molar-refractivity contribution is 7.80. The summed E-state index contributed by atoms with van der Waals surface area (Å²) in [6.07, 6.45) is 0. The van der Waals surface area contributed by atoms with E-state index in [2.05, 4.69) is 0 Å². The molecule has 0 unspecified atom stereocenters. The minimum atomic E-state index is 0.267. The predicted octanol–water partition coefficient (Wildman–Crippen LogP) is 1.69. The maximum atomic E-state index is 5.45. The van der Waals surface area contributed by atoms with Gasteiger partial charge in [0.25, 0.3) is 0 Å². The first-order valence-electron chi connectivity index (χ1n) is 4.34. The lowest BCUT2D eigenvalue weighted by Crippen LogP contribution is -2.09. The summed E-state index contributed by atoms with van der Waals surface area (Å²) < 4.78 is 10.3. The molecule has 0 radical (unpaired) electrons. The highest BCUT2D eigenvalue weighted by Crippen LogP contribution is 2.11. The van der Waals surface area contributed by atoms with Gasteiger partial charge in [-0.3, -0.25) is 0 Å². The maximum absolute atomic E-state index is 5.45. The molecule has 1 rings (SSSR count). The van der Waals surface area contributed by atoms with Crippen molar-refractivity contribution >= 4 is 17.2 Å². The van der Waals surface area contributed by atoms with Gasteiger partial charge in [-0.2, -0.15) is 0 Å². The molecular formula is C10H13NO2S. The summed E-state index contributed by atoms with van der Waals surface area (Å²) in [5.41, 5.74) is 6.29. The molecule has 2 N–H and O–H groups in total. The Morgan fingerprint density at radius 1 is 1.36 bits per heavy atom.